The lowest BCUT2D eigenvalue weighted by Gasteiger charge is -2.32. The average Bonchev–Trinajstić information content (AvgIpc) is 3.62. The van der Waals surface area contributed by atoms with Gasteiger partial charge in [0.25, 0.3) is 0 Å². The zero-order chi connectivity index (χ0) is 41.9. The van der Waals surface area contributed by atoms with E-state index in [0.717, 1.165) is 11.4 Å². The van der Waals surface area contributed by atoms with Crippen molar-refractivity contribution in [3.63, 3.8) is 0 Å². The third-order valence-electron chi connectivity index (χ3n) is 14.5. The Morgan fingerprint density at radius 1 is 0.413 bits per heavy atom. The Morgan fingerprint density at radius 2 is 1.05 bits per heavy atom. The molecule has 1 heteroatoms. The maximum atomic E-state index is 2.52. The van der Waals surface area contributed by atoms with Crippen molar-refractivity contribution >= 4 is 49.4 Å². The summed E-state index contributed by atoms with van der Waals surface area (Å²) in [6.45, 7) is 2.42. The number of anilines is 3. The predicted octanol–water partition coefficient (Wildman–Crippen LogP) is 17.3. The zero-order valence-corrected chi connectivity index (χ0v) is 35.8. The second-order valence-electron chi connectivity index (χ2n) is 17.9. The van der Waals surface area contributed by atoms with Gasteiger partial charge in [0.15, 0.2) is 0 Å². The van der Waals surface area contributed by atoms with Crippen LogP contribution in [0.1, 0.15) is 67.2 Å². The number of para-hydroxylation sites is 1. The molecule has 10 aromatic rings. The molecule has 12 rings (SSSR count). The fourth-order valence-corrected chi connectivity index (χ4v) is 11.5. The van der Waals surface area contributed by atoms with Crippen molar-refractivity contribution in [1.82, 2.24) is 0 Å². The highest BCUT2D eigenvalue weighted by Crippen LogP contribution is 2.54. The molecule has 302 valence electrons. The smallest absolute Gasteiger partial charge is 0.0540 e. The van der Waals surface area contributed by atoms with Crippen LogP contribution < -0.4 is 4.90 Å². The molecule has 2 aliphatic rings. The van der Waals surface area contributed by atoms with Gasteiger partial charge < -0.3 is 4.90 Å². The topological polar surface area (TPSA) is 3.24 Å². The van der Waals surface area contributed by atoms with Crippen LogP contribution in [0.5, 0.6) is 0 Å². The second kappa shape index (κ2) is 15.3. The first-order valence-corrected chi connectivity index (χ1v) is 22.9. The minimum Gasteiger partial charge on any atom is -0.310 e. The first-order chi connectivity index (χ1) is 31.1. The van der Waals surface area contributed by atoms with Crippen LogP contribution in [0, 0.1) is 0 Å². The Hall–Kier alpha value is -7.22. The van der Waals surface area contributed by atoms with E-state index in [1.165, 1.54) is 126 Å². The highest BCUT2D eigenvalue weighted by Gasteiger charge is 2.41. The van der Waals surface area contributed by atoms with E-state index in [9.17, 15) is 0 Å². The predicted molar refractivity (Wildman–Crippen MR) is 268 cm³/mol. The maximum absolute atomic E-state index is 2.52. The first kappa shape index (κ1) is 37.5. The van der Waals surface area contributed by atoms with Gasteiger partial charge in [-0.2, -0.15) is 0 Å². The van der Waals surface area contributed by atoms with Gasteiger partial charge in [-0.3, -0.25) is 0 Å². The van der Waals surface area contributed by atoms with E-state index in [1.54, 1.807) is 0 Å². The molecule has 0 aromatic heterocycles. The lowest BCUT2D eigenvalue weighted by Crippen LogP contribution is -2.22. The minimum absolute atomic E-state index is 0.318. The van der Waals surface area contributed by atoms with Crippen LogP contribution in [0.25, 0.3) is 65.7 Å². The van der Waals surface area contributed by atoms with Crippen molar-refractivity contribution in [2.75, 3.05) is 4.90 Å². The fourth-order valence-electron chi connectivity index (χ4n) is 11.5. The highest BCUT2D eigenvalue weighted by molar-refractivity contribution is 6.12. The standard InChI is InChI=1S/C62H49N/c1-62(46-22-6-3-7-23-46)58-31-12-10-25-54(58)55-40-38-48(41-59(55)62)63(47-36-33-44(34-37-47)50-27-16-29-52-49-24-9-8-19-43(49)35-39-53(50)52)60-32-13-11-26-56(60)57-30-15-21-45-20-14-28-51(61(45)57)42-17-4-2-5-18-42/h3,6-16,19-42H,2,4-5,17-18H2,1H3. The van der Waals surface area contributed by atoms with E-state index in [0.29, 0.717) is 5.92 Å². The maximum Gasteiger partial charge on any atom is 0.0540 e. The van der Waals surface area contributed by atoms with Crippen molar-refractivity contribution in [2.24, 2.45) is 0 Å². The molecule has 0 radical (unpaired) electrons. The van der Waals surface area contributed by atoms with E-state index in [2.05, 4.69) is 224 Å². The van der Waals surface area contributed by atoms with Gasteiger partial charge in [0.2, 0.25) is 0 Å². The highest BCUT2D eigenvalue weighted by atomic mass is 15.1. The molecule has 1 nitrogen and oxygen atoms in total. The van der Waals surface area contributed by atoms with E-state index in [-0.39, 0.29) is 5.41 Å². The van der Waals surface area contributed by atoms with E-state index in [4.69, 9.17) is 0 Å². The quantitative estimate of drug-likeness (QED) is 0.145. The Bertz CT molecular complexity index is 3330. The summed E-state index contributed by atoms with van der Waals surface area (Å²) in [5, 5.41) is 7.84. The van der Waals surface area contributed by atoms with Crippen LogP contribution in [0.4, 0.5) is 17.1 Å². The molecule has 0 N–H and O–H groups in total. The van der Waals surface area contributed by atoms with Crippen LogP contribution >= 0.6 is 0 Å². The third kappa shape index (κ3) is 6.13. The summed E-state index contributed by atoms with van der Waals surface area (Å²) in [6, 6.07) is 79.7. The molecule has 1 fully saturated rings. The second-order valence-corrected chi connectivity index (χ2v) is 17.9. The monoisotopic (exact) mass is 807 g/mol. The van der Waals surface area contributed by atoms with Crippen molar-refractivity contribution in [1.29, 1.82) is 0 Å². The molecule has 1 saturated carbocycles. The van der Waals surface area contributed by atoms with Crippen molar-refractivity contribution in [2.45, 2.75) is 50.4 Å². The summed E-state index contributed by atoms with van der Waals surface area (Å²) in [6.07, 6.45) is 6.49. The molecule has 10 aromatic carbocycles. The lowest BCUT2D eigenvalue weighted by molar-refractivity contribution is 0.445. The molecular weight excluding hydrogens is 759 g/mol. The number of hydrogen-bond donors (Lipinski definition) is 0. The van der Waals surface area contributed by atoms with Crippen LogP contribution in [0.15, 0.2) is 212 Å². The van der Waals surface area contributed by atoms with Crippen molar-refractivity contribution < 1.29 is 0 Å². The van der Waals surface area contributed by atoms with Gasteiger partial charge in [0, 0.05) is 22.4 Å². The van der Waals surface area contributed by atoms with Crippen LogP contribution in [0.2, 0.25) is 0 Å². The molecule has 2 aliphatic carbocycles. The van der Waals surface area contributed by atoms with E-state index < -0.39 is 0 Å². The summed E-state index contributed by atoms with van der Waals surface area (Å²) < 4.78 is 0. The van der Waals surface area contributed by atoms with Crippen molar-refractivity contribution in [3.8, 4) is 33.4 Å². The first-order valence-electron chi connectivity index (χ1n) is 22.9. The molecule has 0 bridgehead atoms. The molecule has 1 unspecified atom stereocenters. The zero-order valence-electron chi connectivity index (χ0n) is 35.8. The molecule has 0 spiro atoms. The molecule has 63 heavy (non-hydrogen) atoms. The van der Waals surface area contributed by atoms with Gasteiger partial charge in [-0.1, -0.05) is 201 Å². The Balaban J connectivity index is 1.07. The van der Waals surface area contributed by atoms with Gasteiger partial charge in [0.1, 0.15) is 0 Å². The molecule has 0 heterocycles. The Labute approximate surface area is 370 Å². The number of benzene rings is 10. The number of hydrogen-bond acceptors (Lipinski definition) is 1. The van der Waals surface area contributed by atoms with Gasteiger partial charge in [0.05, 0.1) is 5.69 Å². The lowest BCUT2D eigenvalue weighted by atomic mass is 9.74. The molecule has 0 amide bonds. The average molecular weight is 808 g/mol. The summed E-state index contributed by atoms with van der Waals surface area (Å²) >= 11 is 0. The van der Waals surface area contributed by atoms with Crippen LogP contribution in [0.3, 0.4) is 0 Å². The largest absolute Gasteiger partial charge is 0.310 e. The number of fused-ring (bicyclic) bond motifs is 7. The summed E-state index contributed by atoms with van der Waals surface area (Å²) in [4.78, 5) is 2.52. The van der Waals surface area contributed by atoms with Crippen LogP contribution in [-0.2, 0) is 5.41 Å². The Morgan fingerprint density at radius 3 is 1.90 bits per heavy atom. The summed E-state index contributed by atoms with van der Waals surface area (Å²) in [5.41, 5.74) is 16.2. The molecular formula is C62H49N. The van der Waals surface area contributed by atoms with Gasteiger partial charge >= 0.3 is 0 Å². The van der Waals surface area contributed by atoms with Crippen molar-refractivity contribution in [3.05, 3.63) is 235 Å². The molecule has 0 aliphatic heterocycles. The fraction of sp³-hybridized carbons (Fsp3) is 0.129. The minimum atomic E-state index is -0.318. The van der Waals surface area contributed by atoms with Gasteiger partial charge in [-0.25, -0.2) is 0 Å². The summed E-state index contributed by atoms with van der Waals surface area (Å²) in [5.74, 6) is 0.584. The Kier molecular flexibility index (Phi) is 9.11. The van der Waals surface area contributed by atoms with E-state index in [1.807, 2.05) is 0 Å². The van der Waals surface area contributed by atoms with Crippen LogP contribution in [-0.4, -0.2) is 0 Å². The number of nitrogens with zero attached hydrogens (tertiary/aromatic N) is 1. The normalized spacial score (nSPS) is 16.0. The van der Waals surface area contributed by atoms with Gasteiger partial charge in [-0.05, 0) is 138 Å². The van der Waals surface area contributed by atoms with E-state index >= 15 is 0 Å². The number of rotatable bonds is 7. The molecule has 1 atom stereocenters. The summed E-state index contributed by atoms with van der Waals surface area (Å²) in [7, 11) is 0. The third-order valence-corrected chi connectivity index (χ3v) is 14.5. The van der Waals surface area contributed by atoms with Gasteiger partial charge in [-0.15, -0.1) is 0 Å². The molecule has 0 saturated heterocycles. The SMILES string of the molecule is CC1(c2ccccc2)c2ccccc2-c2ccc(N(c3ccc(-c4cccc5c4ccc4ccccc45)cc3)c3ccccc3-c3cccc4cccc(C5CCCCC5)c34)cc21.